The van der Waals surface area contributed by atoms with Crippen LogP contribution in [0.5, 0.6) is 0 Å². The second-order valence-corrected chi connectivity index (χ2v) is 6.50. The molecule has 3 aromatic rings. The highest BCUT2D eigenvalue weighted by atomic mass is 35.5. The maximum Gasteiger partial charge on any atom is 0.231 e. The van der Waals surface area contributed by atoms with E-state index in [1.165, 1.54) is 6.33 Å². The first-order chi connectivity index (χ1) is 12.2. The second kappa shape index (κ2) is 6.33. The number of rotatable bonds is 2. The van der Waals surface area contributed by atoms with Gasteiger partial charge in [0.1, 0.15) is 6.33 Å². The van der Waals surface area contributed by atoms with Crippen LogP contribution in [0.2, 0.25) is 5.02 Å². The molecule has 2 aromatic carbocycles. The lowest BCUT2D eigenvalue weighted by molar-refractivity contribution is -0.117. The van der Waals surface area contributed by atoms with Gasteiger partial charge in [0.2, 0.25) is 11.9 Å². The average molecular weight is 353 g/mol. The molecular formula is C19H17ClN4O. The van der Waals surface area contributed by atoms with Crippen molar-refractivity contribution < 1.29 is 4.79 Å². The fraction of sp³-hybridized carbons (Fsp3) is 0.211. The second-order valence-electron chi connectivity index (χ2n) is 6.09. The van der Waals surface area contributed by atoms with Crippen LogP contribution in [-0.4, -0.2) is 20.7 Å². The minimum atomic E-state index is -0.114. The Morgan fingerprint density at radius 2 is 1.80 bits per heavy atom. The monoisotopic (exact) mass is 352 g/mol. The van der Waals surface area contributed by atoms with Crippen molar-refractivity contribution in [2.45, 2.75) is 25.4 Å². The van der Waals surface area contributed by atoms with Crippen LogP contribution in [0, 0.1) is 0 Å². The van der Waals surface area contributed by atoms with Gasteiger partial charge in [-0.1, -0.05) is 60.1 Å². The Labute approximate surface area is 150 Å². The van der Waals surface area contributed by atoms with E-state index in [4.69, 9.17) is 11.6 Å². The first-order valence-corrected chi connectivity index (χ1v) is 8.53. The van der Waals surface area contributed by atoms with Gasteiger partial charge in [-0.05, 0) is 23.6 Å². The van der Waals surface area contributed by atoms with Gasteiger partial charge < -0.3 is 0 Å². The summed E-state index contributed by atoms with van der Waals surface area (Å²) in [6.07, 6.45) is 2.17. The van der Waals surface area contributed by atoms with Crippen molar-refractivity contribution in [2.75, 3.05) is 4.90 Å². The topological polar surface area (TPSA) is 51.0 Å². The highest BCUT2D eigenvalue weighted by molar-refractivity contribution is 6.31. The molecule has 0 spiro atoms. The van der Waals surface area contributed by atoms with Crippen LogP contribution in [-0.2, 0) is 4.79 Å². The fourth-order valence-corrected chi connectivity index (χ4v) is 3.78. The molecule has 6 heteroatoms. The van der Waals surface area contributed by atoms with E-state index in [0.29, 0.717) is 17.4 Å². The molecule has 2 unspecified atom stereocenters. The molecule has 5 nitrogen and oxygen atoms in total. The van der Waals surface area contributed by atoms with E-state index < -0.39 is 0 Å². The molecule has 0 bridgehead atoms. The maximum absolute atomic E-state index is 12.4. The average Bonchev–Trinajstić information content (AvgIpc) is 3.11. The number of amides is 1. The molecular weight excluding hydrogens is 336 g/mol. The predicted octanol–water partition coefficient (Wildman–Crippen LogP) is 4.02. The molecule has 126 valence electrons. The summed E-state index contributed by atoms with van der Waals surface area (Å²) in [5.41, 5.74) is 2.06. The highest BCUT2D eigenvalue weighted by Crippen LogP contribution is 2.43. The van der Waals surface area contributed by atoms with Gasteiger partial charge in [-0.15, -0.1) is 0 Å². The predicted molar refractivity (Wildman–Crippen MR) is 96.6 cm³/mol. The summed E-state index contributed by atoms with van der Waals surface area (Å²) in [6.45, 7) is 1.56. The Hall–Kier alpha value is -2.66. The number of hydrogen-bond donors (Lipinski definition) is 0. The Morgan fingerprint density at radius 1 is 1.08 bits per heavy atom. The number of anilines is 1. The van der Waals surface area contributed by atoms with Crippen LogP contribution < -0.4 is 4.90 Å². The molecule has 0 fully saturated rings. The Kier molecular flexibility index (Phi) is 4.01. The number of hydrogen-bond acceptors (Lipinski definition) is 3. The van der Waals surface area contributed by atoms with Gasteiger partial charge in [0.25, 0.3) is 0 Å². The molecule has 1 aromatic heterocycles. The first kappa shape index (κ1) is 15.8. The van der Waals surface area contributed by atoms with Crippen LogP contribution in [0.25, 0.3) is 0 Å². The van der Waals surface area contributed by atoms with Gasteiger partial charge in [0.05, 0.1) is 12.1 Å². The van der Waals surface area contributed by atoms with E-state index in [0.717, 1.165) is 11.1 Å². The van der Waals surface area contributed by atoms with Crippen molar-refractivity contribution in [3.8, 4) is 0 Å². The van der Waals surface area contributed by atoms with E-state index in [1.54, 1.807) is 16.5 Å². The number of halogens is 1. The molecule has 4 rings (SSSR count). The number of benzene rings is 2. The number of nitrogens with zero attached hydrogens (tertiary/aromatic N) is 4. The largest absolute Gasteiger partial charge is 0.275 e. The van der Waals surface area contributed by atoms with Gasteiger partial charge in [-0.25, -0.2) is 4.68 Å². The third-order valence-corrected chi connectivity index (χ3v) is 4.96. The van der Waals surface area contributed by atoms with Crippen LogP contribution in [0.4, 0.5) is 5.95 Å². The van der Waals surface area contributed by atoms with Crippen molar-refractivity contribution in [3.63, 3.8) is 0 Å². The lowest BCUT2D eigenvalue weighted by Gasteiger charge is -2.38. The summed E-state index contributed by atoms with van der Waals surface area (Å²) < 4.78 is 1.79. The molecule has 25 heavy (non-hydrogen) atoms. The lowest BCUT2D eigenvalue weighted by Crippen LogP contribution is -2.41. The molecule has 1 aliphatic rings. The SMILES string of the molecule is CC(=O)N1c2ncnn2C(c2ccccc2Cl)CC1c1ccccc1. The van der Waals surface area contributed by atoms with Gasteiger partial charge in [0, 0.05) is 11.9 Å². The van der Waals surface area contributed by atoms with Crippen molar-refractivity contribution in [1.82, 2.24) is 14.8 Å². The summed E-state index contributed by atoms with van der Waals surface area (Å²) in [5, 5.41) is 5.06. The Bertz CT molecular complexity index is 909. The molecule has 0 aliphatic carbocycles. The summed E-state index contributed by atoms with van der Waals surface area (Å²) in [5.74, 6) is 0.498. The molecule has 1 aliphatic heterocycles. The number of carbonyl (C=O) groups excluding carboxylic acids is 1. The minimum Gasteiger partial charge on any atom is -0.275 e. The summed E-state index contributed by atoms with van der Waals surface area (Å²) in [6, 6.07) is 17.6. The standard InChI is InChI=1S/C19H17ClN4O/c1-13(25)23-17(14-7-3-2-4-8-14)11-18(24-19(23)21-12-22-24)15-9-5-6-10-16(15)20/h2-10,12,17-18H,11H2,1H3. The van der Waals surface area contributed by atoms with Gasteiger partial charge >= 0.3 is 0 Å². The summed E-state index contributed by atoms with van der Waals surface area (Å²) in [4.78, 5) is 18.4. The minimum absolute atomic E-state index is 0.0549. The van der Waals surface area contributed by atoms with E-state index in [2.05, 4.69) is 10.1 Å². The van der Waals surface area contributed by atoms with Crippen LogP contribution in [0.1, 0.15) is 36.6 Å². The Morgan fingerprint density at radius 3 is 2.52 bits per heavy atom. The van der Waals surface area contributed by atoms with Crippen molar-refractivity contribution in [1.29, 1.82) is 0 Å². The first-order valence-electron chi connectivity index (χ1n) is 8.15. The van der Waals surface area contributed by atoms with Crippen molar-refractivity contribution in [3.05, 3.63) is 77.1 Å². The zero-order chi connectivity index (χ0) is 17.4. The van der Waals surface area contributed by atoms with Crippen molar-refractivity contribution >= 4 is 23.5 Å². The molecule has 1 amide bonds. The smallest absolute Gasteiger partial charge is 0.231 e. The molecule has 2 atom stereocenters. The van der Waals surface area contributed by atoms with E-state index in [9.17, 15) is 4.79 Å². The highest BCUT2D eigenvalue weighted by Gasteiger charge is 2.38. The van der Waals surface area contributed by atoms with Gasteiger partial charge in [-0.3, -0.25) is 9.69 Å². The van der Waals surface area contributed by atoms with E-state index in [1.807, 2.05) is 54.6 Å². The number of aromatic nitrogens is 3. The summed E-state index contributed by atoms with van der Waals surface area (Å²) >= 11 is 6.44. The maximum atomic E-state index is 12.4. The van der Waals surface area contributed by atoms with Gasteiger partial charge in [-0.2, -0.15) is 10.1 Å². The third-order valence-electron chi connectivity index (χ3n) is 4.61. The lowest BCUT2D eigenvalue weighted by atomic mass is 9.92. The molecule has 2 heterocycles. The zero-order valence-corrected chi connectivity index (χ0v) is 14.5. The quantitative estimate of drug-likeness (QED) is 0.700. The van der Waals surface area contributed by atoms with Crippen molar-refractivity contribution in [2.24, 2.45) is 0 Å². The van der Waals surface area contributed by atoms with E-state index >= 15 is 0 Å². The van der Waals surface area contributed by atoms with Crippen LogP contribution in [0.3, 0.4) is 0 Å². The number of carbonyl (C=O) groups is 1. The molecule has 0 saturated carbocycles. The zero-order valence-electron chi connectivity index (χ0n) is 13.7. The molecule has 0 radical (unpaired) electrons. The normalized spacial score (nSPS) is 19.5. The summed E-state index contributed by atoms with van der Waals surface area (Å²) in [7, 11) is 0. The fourth-order valence-electron chi connectivity index (χ4n) is 3.52. The molecule has 0 saturated heterocycles. The third kappa shape index (κ3) is 2.70. The number of fused-ring (bicyclic) bond motifs is 1. The van der Waals surface area contributed by atoms with E-state index in [-0.39, 0.29) is 18.0 Å². The van der Waals surface area contributed by atoms with Gasteiger partial charge in [0.15, 0.2) is 0 Å². The van der Waals surface area contributed by atoms with Crippen LogP contribution in [0.15, 0.2) is 60.9 Å². The van der Waals surface area contributed by atoms with Crippen LogP contribution >= 0.6 is 11.6 Å². The molecule has 0 N–H and O–H groups in total. The Balaban J connectivity index is 1.87.